The Kier molecular flexibility index (Phi) is 5.17. The zero-order valence-corrected chi connectivity index (χ0v) is 13.0. The molecule has 1 saturated heterocycles. The smallest absolute Gasteiger partial charge is 0.158 e. The van der Waals surface area contributed by atoms with Gasteiger partial charge in [0.15, 0.2) is 5.82 Å². The Hall–Kier alpha value is -1.36. The van der Waals surface area contributed by atoms with Crippen LogP contribution in [0.5, 0.6) is 0 Å². The summed E-state index contributed by atoms with van der Waals surface area (Å²) in [6, 6.07) is 2.59. The van der Waals surface area contributed by atoms with Crippen molar-refractivity contribution in [3.63, 3.8) is 0 Å². The minimum Gasteiger partial charge on any atom is -0.377 e. The van der Waals surface area contributed by atoms with Gasteiger partial charge in [0.2, 0.25) is 0 Å². The summed E-state index contributed by atoms with van der Waals surface area (Å²) >= 11 is 0. The van der Waals surface area contributed by atoms with Gasteiger partial charge in [0.05, 0.1) is 0 Å². The van der Waals surface area contributed by atoms with Crippen LogP contribution in [-0.2, 0) is 11.3 Å². The summed E-state index contributed by atoms with van der Waals surface area (Å²) in [4.78, 5) is 11.5. The van der Waals surface area contributed by atoms with Gasteiger partial charge in [-0.15, -0.1) is 0 Å². The summed E-state index contributed by atoms with van der Waals surface area (Å²) in [6.07, 6.45) is 2.52. The first-order valence-corrected chi connectivity index (χ1v) is 7.51. The summed E-state index contributed by atoms with van der Waals surface area (Å²) < 4.78 is 5.18. The molecule has 5 nitrogen and oxygen atoms in total. The third kappa shape index (κ3) is 3.60. The van der Waals surface area contributed by atoms with Crippen LogP contribution < -0.4 is 10.2 Å². The molecular weight excluding hydrogens is 252 g/mol. The van der Waals surface area contributed by atoms with E-state index >= 15 is 0 Å². The average molecular weight is 278 g/mol. The van der Waals surface area contributed by atoms with Crippen LogP contribution in [0.15, 0.2) is 6.07 Å². The molecule has 2 heterocycles. The van der Waals surface area contributed by atoms with E-state index in [4.69, 9.17) is 4.74 Å². The number of hydrogen-bond acceptors (Lipinski definition) is 5. The van der Waals surface area contributed by atoms with Crippen molar-refractivity contribution in [1.29, 1.82) is 0 Å². The SMILES string of the molecule is CCNc1cc(N2CC(C)CCC2C)nc(COC)n1. The number of ether oxygens (including phenoxy) is 1. The maximum absolute atomic E-state index is 5.18. The van der Waals surface area contributed by atoms with Crippen molar-refractivity contribution in [3.05, 3.63) is 11.9 Å². The quantitative estimate of drug-likeness (QED) is 0.897. The Morgan fingerprint density at radius 1 is 1.35 bits per heavy atom. The van der Waals surface area contributed by atoms with E-state index in [0.29, 0.717) is 12.6 Å². The van der Waals surface area contributed by atoms with Crippen LogP contribution in [0.3, 0.4) is 0 Å². The minimum absolute atomic E-state index is 0.448. The molecule has 0 spiro atoms. The molecule has 1 aromatic heterocycles. The molecule has 0 radical (unpaired) electrons. The molecule has 112 valence electrons. The maximum Gasteiger partial charge on any atom is 0.158 e. The lowest BCUT2D eigenvalue weighted by molar-refractivity contribution is 0.178. The molecular formula is C15H26N4O. The molecule has 20 heavy (non-hydrogen) atoms. The van der Waals surface area contributed by atoms with Gasteiger partial charge in [-0.25, -0.2) is 9.97 Å². The lowest BCUT2D eigenvalue weighted by atomic mass is 9.95. The van der Waals surface area contributed by atoms with Gasteiger partial charge in [-0.1, -0.05) is 6.92 Å². The Labute approximate surface area is 121 Å². The Bertz CT molecular complexity index is 414. The second-order valence-corrected chi connectivity index (χ2v) is 5.67. The second kappa shape index (κ2) is 6.88. The molecule has 0 saturated carbocycles. The first-order valence-electron chi connectivity index (χ1n) is 7.51. The van der Waals surface area contributed by atoms with E-state index < -0.39 is 0 Å². The van der Waals surface area contributed by atoms with Crippen LogP contribution in [0.1, 0.15) is 39.4 Å². The fourth-order valence-electron chi connectivity index (χ4n) is 2.70. The molecule has 1 aliphatic rings. The van der Waals surface area contributed by atoms with Crippen molar-refractivity contribution >= 4 is 11.6 Å². The summed E-state index contributed by atoms with van der Waals surface area (Å²) in [6.45, 7) is 9.02. The van der Waals surface area contributed by atoms with E-state index in [2.05, 4.69) is 47.0 Å². The van der Waals surface area contributed by atoms with Crippen molar-refractivity contribution in [2.75, 3.05) is 30.4 Å². The topological polar surface area (TPSA) is 50.3 Å². The second-order valence-electron chi connectivity index (χ2n) is 5.67. The highest BCUT2D eigenvalue weighted by molar-refractivity contribution is 5.50. The van der Waals surface area contributed by atoms with E-state index in [1.165, 1.54) is 12.8 Å². The number of hydrogen-bond donors (Lipinski definition) is 1. The number of nitrogens with zero attached hydrogens (tertiary/aromatic N) is 3. The van der Waals surface area contributed by atoms with Crippen molar-refractivity contribution in [3.8, 4) is 0 Å². The number of piperidine rings is 1. The molecule has 0 aliphatic carbocycles. The van der Waals surface area contributed by atoms with Crippen LogP contribution in [0.4, 0.5) is 11.6 Å². The number of aromatic nitrogens is 2. The van der Waals surface area contributed by atoms with Crippen LogP contribution in [-0.4, -0.2) is 36.2 Å². The summed E-state index contributed by atoms with van der Waals surface area (Å²) in [5.41, 5.74) is 0. The molecule has 2 atom stereocenters. The Balaban J connectivity index is 2.28. The molecule has 1 N–H and O–H groups in total. The third-order valence-corrected chi connectivity index (χ3v) is 3.80. The summed E-state index contributed by atoms with van der Waals surface area (Å²) in [7, 11) is 1.68. The lowest BCUT2D eigenvalue weighted by Crippen LogP contribution is -2.41. The highest BCUT2D eigenvalue weighted by Crippen LogP contribution is 2.27. The molecule has 2 unspecified atom stereocenters. The Morgan fingerprint density at radius 2 is 2.15 bits per heavy atom. The van der Waals surface area contributed by atoms with E-state index in [0.717, 1.165) is 36.5 Å². The summed E-state index contributed by atoms with van der Waals surface area (Å²) in [5.74, 6) is 3.36. The van der Waals surface area contributed by atoms with Crippen LogP contribution >= 0.6 is 0 Å². The van der Waals surface area contributed by atoms with Crippen molar-refractivity contribution in [2.45, 2.75) is 46.3 Å². The van der Waals surface area contributed by atoms with E-state index in [1.54, 1.807) is 7.11 Å². The first kappa shape index (κ1) is 15.0. The standard InChI is InChI=1S/C15H26N4O/c1-5-16-13-8-15(18-14(17-13)10-20-4)19-9-11(2)6-7-12(19)3/h8,11-12H,5-7,9-10H2,1-4H3,(H,16,17,18). The maximum atomic E-state index is 5.18. The third-order valence-electron chi connectivity index (χ3n) is 3.80. The molecule has 1 aromatic rings. The minimum atomic E-state index is 0.448. The molecule has 2 rings (SSSR count). The number of rotatable bonds is 5. The van der Waals surface area contributed by atoms with Gasteiger partial charge >= 0.3 is 0 Å². The van der Waals surface area contributed by atoms with Gasteiger partial charge < -0.3 is 15.0 Å². The molecule has 5 heteroatoms. The monoisotopic (exact) mass is 278 g/mol. The predicted octanol–water partition coefficient (Wildman–Crippen LogP) is 2.68. The zero-order chi connectivity index (χ0) is 14.5. The average Bonchev–Trinajstić information content (AvgIpc) is 2.42. The number of anilines is 2. The fraction of sp³-hybridized carbons (Fsp3) is 0.733. The highest BCUT2D eigenvalue weighted by Gasteiger charge is 2.24. The van der Waals surface area contributed by atoms with Crippen LogP contribution in [0, 0.1) is 5.92 Å². The largest absolute Gasteiger partial charge is 0.377 e. The summed E-state index contributed by atoms with van der Waals surface area (Å²) in [5, 5.41) is 3.28. The molecule has 1 aliphatic heterocycles. The number of nitrogens with one attached hydrogen (secondary N) is 1. The van der Waals surface area contributed by atoms with Crippen LogP contribution in [0.2, 0.25) is 0 Å². The molecule has 1 fully saturated rings. The van der Waals surface area contributed by atoms with Gasteiger partial charge in [-0.3, -0.25) is 0 Å². The zero-order valence-electron chi connectivity index (χ0n) is 13.0. The van der Waals surface area contributed by atoms with Gasteiger partial charge in [-0.05, 0) is 32.6 Å². The molecule has 0 aromatic carbocycles. The highest BCUT2D eigenvalue weighted by atomic mass is 16.5. The Morgan fingerprint density at radius 3 is 2.85 bits per heavy atom. The van der Waals surface area contributed by atoms with E-state index in [1.807, 2.05) is 0 Å². The normalized spacial score (nSPS) is 22.9. The van der Waals surface area contributed by atoms with Gasteiger partial charge in [-0.2, -0.15) is 0 Å². The van der Waals surface area contributed by atoms with E-state index in [9.17, 15) is 0 Å². The predicted molar refractivity (Wildman–Crippen MR) is 82.1 cm³/mol. The van der Waals surface area contributed by atoms with Crippen molar-refractivity contribution in [1.82, 2.24) is 9.97 Å². The molecule has 0 amide bonds. The molecule has 0 bridgehead atoms. The van der Waals surface area contributed by atoms with Crippen LogP contribution in [0.25, 0.3) is 0 Å². The van der Waals surface area contributed by atoms with Gasteiger partial charge in [0.1, 0.15) is 18.2 Å². The van der Waals surface area contributed by atoms with E-state index in [-0.39, 0.29) is 0 Å². The van der Waals surface area contributed by atoms with Gasteiger partial charge in [0, 0.05) is 32.3 Å². The number of methoxy groups -OCH3 is 1. The van der Waals surface area contributed by atoms with Crippen molar-refractivity contribution < 1.29 is 4.74 Å². The van der Waals surface area contributed by atoms with Crippen molar-refractivity contribution in [2.24, 2.45) is 5.92 Å². The first-order chi connectivity index (χ1) is 9.63. The fourth-order valence-corrected chi connectivity index (χ4v) is 2.70. The lowest BCUT2D eigenvalue weighted by Gasteiger charge is -2.37. The van der Waals surface area contributed by atoms with Gasteiger partial charge in [0.25, 0.3) is 0 Å².